The predicted octanol–water partition coefficient (Wildman–Crippen LogP) is 4.84. The summed E-state index contributed by atoms with van der Waals surface area (Å²) in [6.07, 6.45) is 4.84. The predicted molar refractivity (Wildman–Crippen MR) is 86.6 cm³/mol. The van der Waals surface area contributed by atoms with Crippen LogP contribution in [0.4, 0.5) is 0 Å². The van der Waals surface area contributed by atoms with E-state index in [9.17, 15) is 0 Å². The molecule has 1 nitrogen and oxygen atoms in total. The second-order valence-corrected chi connectivity index (χ2v) is 6.82. The maximum Gasteiger partial charge on any atom is 0.0412 e. The maximum atomic E-state index is 6.80. The lowest BCUT2D eigenvalue weighted by Crippen LogP contribution is -2.42. The van der Waals surface area contributed by atoms with Crippen molar-refractivity contribution in [3.8, 4) is 0 Å². The number of rotatable bonds is 2. The van der Waals surface area contributed by atoms with Crippen molar-refractivity contribution in [2.75, 3.05) is 0 Å². The number of nitrogens with two attached hydrogens (primary N) is 1. The molecule has 0 amide bonds. The molecule has 106 valence electrons. The van der Waals surface area contributed by atoms with E-state index in [0.717, 1.165) is 24.7 Å². The molecule has 2 unspecified atom stereocenters. The molecular formula is C19H25N. The molecule has 1 fully saturated rings. The zero-order valence-corrected chi connectivity index (χ0v) is 12.6. The Hall–Kier alpha value is -1.34. The van der Waals surface area contributed by atoms with Crippen LogP contribution in [0.25, 0.3) is 10.8 Å². The van der Waals surface area contributed by atoms with Gasteiger partial charge in [0.25, 0.3) is 0 Å². The third kappa shape index (κ3) is 2.47. The molecule has 1 heteroatoms. The highest BCUT2D eigenvalue weighted by molar-refractivity contribution is 5.83. The Morgan fingerprint density at radius 3 is 2.60 bits per heavy atom. The Kier molecular flexibility index (Phi) is 3.55. The Labute approximate surface area is 122 Å². The molecule has 1 saturated carbocycles. The van der Waals surface area contributed by atoms with Crippen LogP contribution in [0.5, 0.6) is 0 Å². The van der Waals surface area contributed by atoms with E-state index in [1.54, 1.807) is 0 Å². The monoisotopic (exact) mass is 267 g/mol. The van der Waals surface area contributed by atoms with Crippen LogP contribution in [0.2, 0.25) is 0 Å². The van der Waals surface area contributed by atoms with Gasteiger partial charge in [0, 0.05) is 5.54 Å². The highest BCUT2D eigenvalue weighted by Crippen LogP contribution is 2.41. The molecule has 0 saturated heterocycles. The molecule has 2 aromatic rings. The van der Waals surface area contributed by atoms with Crippen LogP contribution >= 0.6 is 0 Å². The van der Waals surface area contributed by atoms with Crippen LogP contribution < -0.4 is 5.73 Å². The Bertz CT molecular complexity index is 601. The van der Waals surface area contributed by atoms with Crippen LogP contribution in [-0.2, 0) is 5.54 Å². The normalized spacial score (nSPS) is 27.1. The van der Waals surface area contributed by atoms with Gasteiger partial charge in [-0.2, -0.15) is 0 Å². The van der Waals surface area contributed by atoms with E-state index >= 15 is 0 Å². The number of benzene rings is 2. The van der Waals surface area contributed by atoms with Crippen molar-refractivity contribution < 1.29 is 0 Å². The average Bonchev–Trinajstić information content (AvgIpc) is 2.47. The van der Waals surface area contributed by atoms with E-state index in [0.29, 0.717) is 0 Å². The highest BCUT2D eigenvalue weighted by atomic mass is 14.8. The first-order valence-corrected chi connectivity index (χ1v) is 7.87. The number of hydrogen-bond donors (Lipinski definition) is 1. The first-order valence-electron chi connectivity index (χ1n) is 7.87. The molecule has 20 heavy (non-hydrogen) atoms. The van der Waals surface area contributed by atoms with Gasteiger partial charge in [-0.25, -0.2) is 0 Å². The summed E-state index contributed by atoms with van der Waals surface area (Å²) in [5.41, 5.74) is 7.99. The van der Waals surface area contributed by atoms with E-state index in [2.05, 4.69) is 56.3 Å². The molecule has 3 rings (SSSR count). The fourth-order valence-electron chi connectivity index (χ4n) is 3.68. The van der Waals surface area contributed by atoms with Gasteiger partial charge in [-0.05, 0) is 47.1 Å². The summed E-state index contributed by atoms with van der Waals surface area (Å²) in [6.45, 7) is 4.66. The summed E-state index contributed by atoms with van der Waals surface area (Å²) in [7, 11) is 0. The van der Waals surface area contributed by atoms with Crippen molar-refractivity contribution >= 4 is 10.8 Å². The zero-order chi connectivity index (χ0) is 14.2. The molecule has 2 N–H and O–H groups in total. The van der Waals surface area contributed by atoms with Crippen LogP contribution in [0.1, 0.15) is 45.1 Å². The highest BCUT2D eigenvalue weighted by Gasteiger charge is 2.35. The van der Waals surface area contributed by atoms with Gasteiger partial charge in [-0.15, -0.1) is 0 Å². The van der Waals surface area contributed by atoms with Gasteiger partial charge in [-0.1, -0.05) is 63.1 Å². The fraction of sp³-hybridized carbons (Fsp3) is 0.474. The first kappa shape index (κ1) is 13.6. The minimum Gasteiger partial charge on any atom is -0.321 e. The van der Waals surface area contributed by atoms with Crippen molar-refractivity contribution in [3.05, 3.63) is 48.0 Å². The van der Waals surface area contributed by atoms with Crippen molar-refractivity contribution in [2.45, 2.75) is 45.1 Å². The molecule has 0 heterocycles. The zero-order valence-electron chi connectivity index (χ0n) is 12.6. The lowest BCUT2D eigenvalue weighted by molar-refractivity contribution is 0.184. The number of hydrogen-bond acceptors (Lipinski definition) is 1. The Morgan fingerprint density at radius 1 is 1.10 bits per heavy atom. The molecule has 0 aromatic heterocycles. The van der Waals surface area contributed by atoms with Gasteiger partial charge >= 0.3 is 0 Å². The molecular weight excluding hydrogens is 242 g/mol. The summed E-state index contributed by atoms with van der Waals surface area (Å²) in [4.78, 5) is 0. The van der Waals surface area contributed by atoms with E-state index in [-0.39, 0.29) is 5.54 Å². The Balaban J connectivity index is 1.96. The smallest absolute Gasteiger partial charge is 0.0412 e. The summed E-state index contributed by atoms with van der Waals surface area (Å²) < 4.78 is 0. The average molecular weight is 267 g/mol. The topological polar surface area (TPSA) is 26.0 Å². The standard InChI is InChI=1S/C19H25N/c1-14(2)17-8-5-11-19(20,13-17)18-10-9-15-6-3-4-7-16(15)12-18/h3-4,6-7,9-10,12,14,17H,5,8,11,13,20H2,1-2H3. The van der Waals surface area contributed by atoms with E-state index in [4.69, 9.17) is 5.73 Å². The van der Waals surface area contributed by atoms with Gasteiger partial charge in [0.15, 0.2) is 0 Å². The summed E-state index contributed by atoms with van der Waals surface area (Å²) in [5, 5.41) is 2.61. The second-order valence-electron chi connectivity index (χ2n) is 6.82. The lowest BCUT2D eigenvalue weighted by atomic mass is 9.69. The van der Waals surface area contributed by atoms with E-state index < -0.39 is 0 Å². The largest absolute Gasteiger partial charge is 0.321 e. The van der Waals surface area contributed by atoms with Gasteiger partial charge in [0.2, 0.25) is 0 Å². The van der Waals surface area contributed by atoms with E-state index in [1.165, 1.54) is 29.2 Å². The third-order valence-corrected chi connectivity index (χ3v) is 5.09. The summed E-state index contributed by atoms with van der Waals surface area (Å²) >= 11 is 0. The fourth-order valence-corrected chi connectivity index (χ4v) is 3.68. The van der Waals surface area contributed by atoms with E-state index in [1.807, 2.05) is 0 Å². The SMILES string of the molecule is CC(C)C1CCCC(N)(c2ccc3ccccc3c2)C1. The minimum absolute atomic E-state index is 0.128. The quantitative estimate of drug-likeness (QED) is 0.827. The molecule has 1 aliphatic carbocycles. The van der Waals surface area contributed by atoms with Crippen molar-refractivity contribution in [3.63, 3.8) is 0 Å². The van der Waals surface area contributed by atoms with Crippen molar-refractivity contribution in [2.24, 2.45) is 17.6 Å². The van der Waals surface area contributed by atoms with Gasteiger partial charge < -0.3 is 5.73 Å². The molecule has 0 spiro atoms. The molecule has 2 atom stereocenters. The van der Waals surface area contributed by atoms with Gasteiger partial charge in [-0.3, -0.25) is 0 Å². The maximum absolute atomic E-state index is 6.80. The molecule has 0 aliphatic heterocycles. The number of fused-ring (bicyclic) bond motifs is 1. The lowest BCUT2D eigenvalue weighted by Gasteiger charge is -2.40. The summed E-state index contributed by atoms with van der Waals surface area (Å²) in [5.74, 6) is 1.50. The first-order chi connectivity index (χ1) is 9.58. The van der Waals surface area contributed by atoms with Crippen LogP contribution in [0.3, 0.4) is 0 Å². The second kappa shape index (κ2) is 5.21. The van der Waals surface area contributed by atoms with Crippen LogP contribution in [0.15, 0.2) is 42.5 Å². The van der Waals surface area contributed by atoms with Gasteiger partial charge in [0.1, 0.15) is 0 Å². The molecule has 0 bridgehead atoms. The summed E-state index contributed by atoms with van der Waals surface area (Å²) in [6, 6.07) is 15.3. The molecule has 1 aliphatic rings. The minimum atomic E-state index is -0.128. The third-order valence-electron chi connectivity index (χ3n) is 5.09. The van der Waals surface area contributed by atoms with Crippen LogP contribution in [-0.4, -0.2) is 0 Å². The van der Waals surface area contributed by atoms with Gasteiger partial charge in [0.05, 0.1) is 0 Å². The van der Waals surface area contributed by atoms with Crippen molar-refractivity contribution in [1.82, 2.24) is 0 Å². The molecule has 0 radical (unpaired) electrons. The van der Waals surface area contributed by atoms with Crippen LogP contribution in [0, 0.1) is 11.8 Å². The van der Waals surface area contributed by atoms with Crippen molar-refractivity contribution in [1.29, 1.82) is 0 Å². The Morgan fingerprint density at radius 2 is 1.85 bits per heavy atom. The molecule has 2 aromatic carbocycles.